The highest BCUT2D eigenvalue weighted by Gasteiger charge is 2.09. The second kappa shape index (κ2) is 6.01. The van der Waals surface area contributed by atoms with Gasteiger partial charge in [-0.1, -0.05) is 30.3 Å². The van der Waals surface area contributed by atoms with E-state index < -0.39 is 0 Å². The average molecular weight is 314 g/mol. The minimum atomic E-state index is -0.134. The number of anilines is 1. The molecule has 4 heteroatoms. The first-order valence-electron chi connectivity index (χ1n) is 7.62. The molecule has 3 aromatic carbocycles. The molecule has 116 valence electrons. The van der Waals surface area contributed by atoms with E-state index in [1.54, 1.807) is 12.1 Å². The summed E-state index contributed by atoms with van der Waals surface area (Å²) < 4.78 is 5.75. The minimum Gasteiger partial charge on any atom is -0.436 e. The number of carbonyl (C=O) groups is 1. The molecule has 24 heavy (non-hydrogen) atoms. The molecule has 1 heterocycles. The van der Waals surface area contributed by atoms with Gasteiger partial charge in [0, 0.05) is 16.8 Å². The lowest BCUT2D eigenvalue weighted by molar-refractivity contribution is 0.102. The highest BCUT2D eigenvalue weighted by molar-refractivity contribution is 6.04. The zero-order chi connectivity index (χ0) is 16.4. The Labute approximate surface area is 138 Å². The van der Waals surface area contributed by atoms with Gasteiger partial charge in [0.15, 0.2) is 5.58 Å². The first-order chi connectivity index (χ1) is 11.8. The van der Waals surface area contributed by atoms with Crippen LogP contribution in [0.2, 0.25) is 0 Å². The monoisotopic (exact) mass is 314 g/mol. The van der Waals surface area contributed by atoms with Crippen molar-refractivity contribution < 1.29 is 9.21 Å². The van der Waals surface area contributed by atoms with Gasteiger partial charge in [0.1, 0.15) is 5.52 Å². The van der Waals surface area contributed by atoms with E-state index in [2.05, 4.69) is 10.3 Å². The van der Waals surface area contributed by atoms with E-state index in [-0.39, 0.29) is 5.91 Å². The van der Waals surface area contributed by atoms with Crippen molar-refractivity contribution in [2.45, 2.75) is 0 Å². The van der Waals surface area contributed by atoms with E-state index in [1.165, 1.54) is 0 Å². The molecule has 0 bridgehead atoms. The molecule has 0 aliphatic carbocycles. The van der Waals surface area contributed by atoms with Crippen LogP contribution in [0.3, 0.4) is 0 Å². The van der Waals surface area contributed by atoms with Crippen LogP contribution in [0.5, 0.6) is 0 Å². The summed E-state index contributed by atoms with van der Waals surface area (Å²) in [4.78, 5) is 16.6. The Kier molecular flexibility index (Phi) is 3.56. The third-order valence-electron chi connectivity index (χ3n) is 3.72. The number of fused-ring (bicyclic) bond motifs is 1. The molecule has 0 aliphatic heterocycles. The minimum absolute atomic E-state index is 0.134. The van der Waals surface area contributed by atoms with Gasteiger partial charge < -0.3 is 9.73 Å². The van der Waals surface area contributed by atoms with Crippen molar-refractivity contribution >= 4 is 22.7 Å². The van der Waals surface area contributed by atoms with Crippen molar-refractivity contribution in [1.82, 2.24) is 4.98 Å². The first-order valence-corrected chi connectivity index (χ1v) is 7.62. The number of hydrogen-bond acceptors (Lipinski definition) is 3. The lowest BCUT2D eigenvalue weighted by Gasteiger charge is -2.05. The lowest BCUT2D eigenvalue weighted by atomic mass is 10.2. The van der Waals surface area contributed by atoms with Gasteiger partial charge in [-0.2, -0.15) is 0 Å². The van der Waals surface area contributed by atoms with E-state index in [9.17, 15) is 4.79 Å². The summed E-state index contributed by atoms with van der Waals surface area (Å²) in [5.41, 5.74) is 3.80. The van der Waals surface area contributed by atoms with Crippen molar-refractivity contribution in [3.05, 3.63) is 84.4 Å². The second-order valence-electron chi connectivity index (χ2n) is 5.38. The summed E-state index contributed by atoms with van der Waals surface area (Å²) in [6, 6.07) is 24.2. The maximum Gasteiger partial charge on any atom is 0.255 e. The number of nitrogens with one attached hydrogen (secondary N) is 1. The molecular formula is C20H14N2O2. The summed E-state index contributed by atoms with van der Waals surface area (Å²) in [7, 11) is 0. The number of carbonyl (C=O) groups excluding carboxylic acids is 1. The zero-order valence-electron chi connectivity index (χ0n) is 12.8. The normalized spacial score (nSPS) is 10.7. The van der Waals surface area contributed by atoms with Crippen LogP contribution in [0.4, 0.5) is 5.69 Å². The molecule has 0 atom stereocenters. The molecule has 1 aromatic heterocycles. The highest BCUT2D eigenvalue weighted by atomic mass is 16.3. The standard InChI is InChI=1S/C20H14N2O2/c23-19(14-6-2-1-3-7-14)21-16-12-10-15(11-13-16)20-22-17-8-4-5-9-18(17)24-20/h1-13H,(H,21,23). The Hall–Kier alpha value is -3.40. The molecule has 0 fully saturated rings. The van der Waals surface area contributed by atoms with E-state index >= 15 is 0 Å². The van der Waals surface area contributed by atoms with Crippen molar-refractivity contribution in [2.75, 3.05) is 5.32 Å². The predicted octanol–water partition coefficient (Wildman–Crippen LogP) is 4.75. The highest BCUT2D eigenvalue weighted by Crippen LogP contribution is 2.25. The third kappa shape index (κ3) is 2.77. The molecule has 4 rings (SSSR count). The quantitative estimate of drug-likeness (QED) is 0.594. The van der Waals surface area contributed by atoms with Crippen LogP contribution in [-0.4, -0.2) is 10.9 Å². The molecule has 0 radical (unpaired) electrons. The molecule has 0 saturated carbocycles. The van der Waals surface area contributed by atoms with Gasteiger partial charge in [0.25, 0.3) is 5.91 Å². The second-order valence-corrected chi connectivity index (χ2v) is 5.38. The van der Waals surface area contributed by atoms with Crippen LogP contribution in [0.1, 0.15) is 10.4 Å². The Morgan fingerprint density at radius 1 is 0.833 bits per heavy atom. The molecule has 0 aliphatic rings. The van der Waals surface area contributed by atoms with Crippen LogP contribution in [0.25, 0.3) is 22.6 Å². The number of nitrogens with zero attached hydrogens (tertiary/aromatic N) is 1. The Morgan fingerprint density at radius 3 is 2.29 bits per heavy atom. The summed E-state index contributed by atoms with van der Waals surface area (Å²) in [5.74, 6) is 0.433. The fraction of sp³-hybridized carbons (Fsp3) is 0. The van der Waals surface area contributed by atoms with Crippen LogP contribution < -0.4 is 5.32 Å². The van der Waals surface area contributed by atoms with Gasteiger partial charge in [0.05, 0.1) is 0 Å². The fourth-order valence-electron chi connectivity index (χ4n) is 2.48. The predicted molar refractivity (Wildman–Crippen MR) is 93.8 cm³/mol. The SMILES string of the molecule is O=C(Nc1ccc(-c2nc3ccccc3o2)cc1)c1ccccc1. The van der Waals surface area contributed by atoms with Crippen molar-refractivity contribution in [3.63, 3.8) is 0 Å². The molecule has 1 amide bonds. The maximum absolute atomic E-state index is 12.1. The van der Waals surface area contributed by atoms with Gasteiger partial charge in [-0.25, -0.2) is 4.98 Å². The molecule has 4 aromatic rings. The average Bonchev–Trinajstić information content (AvgIpc) is 3.07. The maximum atomic E-state index is 12.1. The number of benzene rings is 3. The van der Waals surface area contributed by atoms with Gasteiger partial charge in [-0.3, -0.25) is 4.79 Å². The Balaban J connectivity index is 1.55. The third-order valence-corrected chi connectivity index (χ3v) is 3.72. The van der Waals surface area contributed by atoms with Crippen LogP contribution >= 0.6 is 0 Å². The van der Waals surface area contributed by atoms with E-state index in [1.807, 2.05) is 66.7 Å². The summed E-state index contributed by atoms with van der Waals surface area (Å²) in [5, 5.41) is 2.87. The van der Waals surface area contributed by atoms with Gasteiger partial charge >= 0.3 is 0 Å². The van der Waals surface area contributed by atoms with Crippen molar-refractivity contribution in [2.24, 2.45) is 0 Å². The molecule has 0 spiro atoms. The number of rotatable bonds is 3. The van der Waals surface area contributed by atoms with Gasteiger partial charge in [-0.15, -0.1) is 0 Å². The van der Waals surface area contributed by atoms with Crippen LogP contribution in [-0.2, 0) is 0 Å². The van der Waals surface area contributed by atoms with Crippen molar-refractivity contribution in [3.8, 4) is 11.5 Å². The van der Waals surface area contributed by atoms with Crippen LogP contribution in [0.15, 0.2) is 83.3 Å². The molecule has 4 nitrogen and oxygen atoms in total. The molecule has 0 unspecified atom stereocenters. The first kappa shape index (κ1) is 14.2. The number of oxazole rings is 1. The topological polar surface area (TPSA) is 55.1 Å². The van der Waals surface area contributed by atoms with Gasteiger partial charge in [-0.05, 0) is 48.5 Å². The number of aromatic nitrogens is 1. The Bertz CT molecular complexity index is 956. The Morgan fingerprint density at radius 2 is 1.54 bits per heavy atom. The van der Waals surface area contributed by atoms with Crippen molar-refractivity contribution in [1.29, 1.82) is 0 Å². The fourth-order valence-corrected chi connectivity index (χ4v) is 2.48. The summed E-state index contributed by atoms with van der Waals surface area (Å²) >= 11 is 0. The molecule has 0 saturated heterocycles. The lowest BCUT2D eigenvalue weighted by Crippen LogP contribution is -2.11. The smallest absolute Gasteiger partial charge is 0.255 e. The summed E-state index contributed by atoms with van der Waals surface area (Å²) in [6.45, 7) is 0. The van der Waals surface area contributed by atoms with Gasteiger partial charge in [0.2, 0.25) is 5.89 Å². The molecule has 1 N–H and O–H groups in total. The van der Waals surface area contributed by atoms with E-state index in [0.717, 1.165) is 22.4 Å². The largest absolute Gasteiger partial charge is 0.436 e. The zero-order valence-corrected chi connectivity index (χ0v) is 12.8. The number of para-hydroxylation sites is 2. The molecular weight excluding hydrogens is 300 g/mol. The number of hydrogen-bond donors (Lipinski definition) is 1. The van der Waals surface area contributed by atoms with Crippen LogP contribution in [0, 0.1) is 0 Å². The summed E-state index contributed by atoms with van der Waals surface area (Å²) in [6.07, 6.45) is 0. The van der Waals surface area contributed by atoms with E-state index in [0.29, 0.717) is 11.5 Å². The van der Waals surface area contributed by atoms with E-state index in [4.69, 9.17) is 4.42 Å². The number of amides is 1.